The Morgan fingerprint density at radius 2 is 1.89 bits per heavy atom. The van der Waals surface area contributed by atoms with Crippen LogP contribution in [0.15, 0.2) is 10.8 Å². The minimum Gasteiger partial charge on any atom is -0.312 e. The van der Waals surface area contributed by atoms with Gasteiger partial charge < -0.3 is 5.32 Å². The summed E-state index contributed by atoms with van der Waals surface area (Å²) >= 11 is 3.15. The van der Waals surface area contributed by atoms with Gasteiger partial charge in [-0.15, -0.1) is 22.7 Å². The fourth-order valence-corrected chi connectivity index (χ4v) is 6.02. The Labute approximate surface area is 170 Å². The van der Waals surface area contributed by atoms with Crippen molar-refractivity contribution in [3.05, 3.63) is 37.9 Å². The first-order valence-electron chi connectivity index (χ1n) is 9.45. The summed E-state index contributed by atoms with van der Waals surface area (Å²) in [5.41, 5.74) is 3.77. The van der Waals surface area contributed by atoms with E-state index in [1.165, 1.54) is 21.8 Å². The molecule has 2 heterocycles. The summed E-state index contributed by atoms with van der Waals surface area (Å²) in [6, 6.07) is 2.28. The summed E-state index contributed by atoms with van der Waals surface area (Å²) in [5.74, 6) is 0.580. The Morgan fingerprint density at radius 3 is 2.48 bits per heavy atom. The van der Waals surface area contributed by atoms with E-state index < -0.39 is 0 Å². The van der Waals surface area contributed by atoms with Gasteiger partial charge in [0.2, 0.25) is 0 Å². The summed E-state index contributed by atoms with van der Waals surface area (Å²) in [6.07, 6.45) is 3.16. The standard InChI is InChI=1S/C22H28N2OS2/c1-21(2,3)13-7-8-14-16(11-26-18(14)9-13)19(25)24-20-15(10-23)17(12-27-20)22(4,5)6/h11-13H,7-9H2,1-6H3,(H,24,25). The third kappa shape index (κ3) is 3.97. The molecule has 3 rings (SSSR count). The number of nitriles is 1. The molecule has 3 nitrogen and oxygen atoms in total. The number of thiophene rings is 2. The Hall–Kier alpha value is -1.64. The molecule has 5 heteroatoms. The maximum atomic E-state index is 12.9. The first-order valence-corrected chi connectivity index (χ1v) is 11.2. The zero-order chi connectivity index (χ0) is 20.0. The first kappa shape index (κ1) is 20.1. The van der Waals surface area contributed by atoms with E-state index in [0.717, 1.165) is 30.4 Å². The molecule has 0 bridgehead atoms. The van der Waals surface area contributed by atoms with E-state index in [1.807, 2.05) is 10.8 Å². The van der Waals surface area contributed by atoms with Crippen LogP contribution in [0.25, 0.3) is 0 Å². The van der Waals surface area contributed by atoms with Gasteiger partial charge in [-0.2, -0.15) is 5.26 Å². The second-order valence-electron chi connectivity index (χ2n) is 9.53. The van der Waals surface area contributed by atoms with Gasteiger partial charge in [-0.05, 0) is 52.5 Å². The van der Waals surface area contributed by atoms with Crippen molar-refractivity contribution in [1.29, 1.82) is 5.26 Å². The fraction of sp³-hybridized carbons (Fsp3) is 0.545. The van der Waals surface area contributed by atoms with Crippen molar-refractivity contribution < 1.29 is 4.79 Å². The van der Waals surface area contributed by atoms with Crippen molar-refractivity contribution in [3.8, 4) is 6.07 Å². The van der Waals surface area contributed by atoms with E-state index in [2.05, 4.69) is 52.9 Å². The monoisotopic (exact) mass is 400 g/mol. The van der Waals surface area contributed by atoms with Gasteiger partial charge in [0.05, 0.1) is 11.1 Å². The van der Waals surface area contributed by atoms with Crippen LogP contribution in [-0.4, -0.2) is 5.91 Å². The van der Waals surface area contributed by atoms with Crippen LogP contribution in [0.2, 0.25) is 0 Å². The average Bonchev–Trinajstić information content (AvgIpc) is 3.16. The zero-order valence-corrected chi connectivity index (χ0v) is 18.7. The molecule has 27 heavy (non-hydrogen) atoms. The van der Waals surface area contributed by atoms with Crippen molar-refractivity contribution in [3.63, 3.8) is 0 Å². The number of amides is 1. The predicted molar refractivity (Wildman–Crippen MR) is 115 cm³/mol. The molecule has 0 saturated carbocycles. The summed E-state index contributed by atoms with van der Waals surface area (Å²) < 4.78 is 0. The van der Waals surface area contributed by atoms with Gasteiger partial charge in [-0.1, -0.05) is 41.5 Å². The molecular formula is C22H28N2OS2. The quantitative estimate of drug-likeness (QED) is 0.635. The Balaban J connectivity index is 1.83. The lowest BCUT2D eigenvalue weighted by Crippen LogP contribution is -2.27. The summed E-state index contributed by atoms with van der Waals surface area (Å²) in [5, 5.41) is 17.3. The first-order chi connectivity index (χ1) is 12.5. The van der Waals surface area contributed by atoms with Crippen LogP contribution in [0, 0.1) is 22.7 Å². The van der Waals surface area contributed by atoms with Crippen molar-refractivity contribution in [1.82, 2.24) is 0 Å². The number of hydrogen-bond donors (Lipinski definition) is 1. The highest BCUT2D eigenvalue weighted by atomic mass is 32.1. The van der Waals surface area contributed by atoms with Gasteiger partial charge in [0.25, 0.3) is 5.91 Å². The van der Waals surface area contributed by atoms with Crippen LogP contribution in [0.5, 0.6) is 0 Å². The highest BCUT2D eigenvalue weighted by Crippen LogP contribution is 2.41. The number of nitrogens with zero attached hydrogens (tertiary/aromatic N) is 1. The SMILES string of the molecule is CC(C)(C)c1csc(NC(=O)c2csc3c2CCC(C(C)(C)C)C3)c1C#N. The number of nitrogens with one attached hydrogen (secondary N) is 1. The fourth-order valence-electron chi connectivity index (χ4n) is 3.73. The minimum absolute atomic E-state index is 0.0829. The lowest BCUT2D eigenvalue weighted by Gasteiger charge is -2.34. The van der Waals surface area contributed by atoms with E-state index in [1.54, 1.807) is 11.3 Å². The Bertz CT molecular complexity index is 900. The van der Waals surface area contributed by atoms with Crippen molar-refractivity contribution in [2.24, 2.45) is 11.3 Å². The predicted octanol–water partition coefficient (Wildman–Crippen LogP) is 6.38. The topological polar surface area (TPSA) is 52.9 Å². The second kappa shape index (κ2) is 7.07. The molecular weight excluding hydrogens is 372 g/mol. The molecule has 1 atom stereocenters. The number of carbonyl (C=O) groups excluding carboxylic acids is 1. The molecule has 0 aliphatic heterocycles. The van der Waals surface area contributed by atoms with Crippen LogP contribution >= 0.6 is 22.7 Å². The second-order valence-corrected chi connectivity index (χ2v) is 11.4. The van der Waals surface area contributed by atoms with Crippen LogP contribution in [0.3, 0.4) is 0 Å². The summed E-state index contributed by atoms with van der Waals surface area (Å²) in [4.78, 5) is 14.3. The number of rotatable bonds is 2. The number of hydrogen-bond acceptors (Lipinski definition) is 4. The summed E-state index contributed by atoms with van der Waals surface area (Å²) in [7, 11) is 0. The molecule has 1 aliphatic carbocycles. The van der Waals surface area contributed by atoms with Crippen LogP contribution in [0.4, 0.5) is 5.00 Å². The maximum Gasteiger partial charge on any atom is 0.257 e. The molecule has 0 fully saturated rings. The Morgan fingerprint density at radius 1 is 1.19 bits per heavy atom. The van der Waals surface area contributed by atoms with E-state index in [9.17, 15) is 10.1 Å². The van der Waals surface area contributed by atoms with Gasteiger partial charge in [0, 0.05) is 10.3 Å². The van der Waals surface area contributed by atoms with Crippen molar-refractivity contribution in [2.75, 3.05) is 5.32 Å². The highest BCUT2D eigenvalue weighted by molar-refractivity contribution is 7.14. The van der Waals surface area contributed by atoms with Gasteiger partial charge in [-0.25, -0.2) is 0 Å². The molecule has 0 saturated heterocycles. The molecule has 1 N–H and O–H groups in total. The van der Waals surface area contributed by atoms with Crippen LogP contribution in [0.1, 0.15) is 79.9 Å². The number of carbonyl (C=O) groups is 1. The normalized spacial score (nSPS) is 17.3. The van der Waals surface area contributed by atoms with Gasteiger partial charge >= 0.3 is 0 Å². The van der Waals surface area contributed by atoms with Crippen LogP contribution in [-0.2, 0) is 18.3 Å². The minimum atomic E-state index is -0.117. The smallest absolute Gasteiger partial charge is 0.257 e. The highest BCUT2D eigenvalue weighted by Gasteiger charge is 2.32. The van der Waals surface area contributed by atoms with E-state index >= 15 is 0 Å². The third-order valence-corrected chi connectivity index (χ3v) is 7.51. The number of fused-ring (bicyclic) bond motifs is 1. The van der Waals surface area contributed by atoms with E-state index in [-0.39, 0.29) is 11.3 Å². The number of anilines is 1. The van der Waals surface area contributed by atoms with Gasteiger partial charge in [0.15, 0.2) is 0 Å². The molecule has 0 spiro atoms. The Kier molecular flexibility index (Phi) is 5.26. The molecule has 144 valence electrons. The van der Waals surface area contributed by atoms with Crippen molar-refractivity contribution in [2.45, 2.75) is 66.2 Å². The molecule has 1 amide bonds. The van der Waals surface area contributed by atoms with E-state index in [0.29, 0.717) is 21.9 Å². The largest absolute Gasteiger partial charge is 0.312 e. The van der Waals surface area contributed by atoms with Crippen molar-refractivity contribution >= 4 is 33.6 Å². The summed E-state index contributed by atoms with van der Waals surface area (Å²) in [6.45, 7) is 13.2. The maximum absolute atomic E-state index is 12.9. The van der Waals surface area contributed by atoms with Gasteiger partial charge in [-0.3, -0.25) is 4.79 Å². The third-order valence-electron chi connectivity index (χ3n) is 5.56. The zero-order valence-electron chi connectivity index (χ0n) is 17.0. The molecule has 1 unspecified atom stereocenters. The molecule has 1 aliphatic rings. The molecule has 0 aromatic carbocycles. The molecule has 2 aromatic heterocycles. The lowest BCUT2D eigenvalue weighted by atomic mass is 9.72. The van der Waals surface area contributed by atoms with Crippen LogP contribution < -0.4 is 5.32 Å². The average molecular weight is 401 g/mol. The lowest BCUT2D eigenvalue weighted by molar-refractivity contribution is 0.102. The molecule has 0 radical (unpaired) electrons. The van der Waals surface area contributed by atoms with Gasteiger partial charge in [0.1, 0.15) is 11.1 Å². The van der Waals surface area contributed by atoms with E-state index in [4.69, 9.17) is 0 Å². The molecule has 2 aromatic rings.